The summed E-state index contributed by atoms with van der Waals surface area (Å²) in [5.41, 5.74) is 2.55. The van der Waals surface area contributed by atoms with Crippen molar-refractivity contribution in [3.05, 3.63) is 11.9 Å². The van der Waals surface area contributed by atoms with Crippen molar-refractivity contribution < 1.29 is 4.74 Å². The number of nitrogens with two attached hydrogens (primary N) is 1. The van der Waals surface area contributed by atoms with E-state index in [1.165, 1.54) is 19.3 Å². The molecule has 0 radical (unpaired) electrons. The predicted octanol–water partition coefficient (Wildman–Crippen LogP) is 2.29. The fourth-order valence-corrected chi connectivity index (χ4v) is 1.69. The third kappa shape index (κ3) is 6.35. The summed E-state index contributed by atoms with van der Waals surface area (Å²) in [6.45, 7) is 6.10. The molecule has 0 aliphatic carbocycles. The highest BCUT2D eigenvalue weighted by atomic mass is 16.5. The second-order valence-electron chi connectivity index (χ2n) is 4.32. The van der Waals surface area contributed by atoms with E-state index in [2.05, 4.69) is 27.6 Å². The van der Waals surface area contributed by atoms with Crippen LogP contribution in [0.15, 0.2) is 6.07 Å². The second-order valence-corrected chi connectivity index (χ2v) is 4.32. The van der Waals surface area contributed by atoms with Crippen molar-refractivity contribution in [1.82, 2.24) is 9.97 Å². The molecule has 19 heavy (non-hydrogen) atoms. The average Bonchev–Trinajstić information content (AvgIpc) is 2.44. The van der Waals surface area contributed by atoms with Gasteiger partial charge < -0.3 is 15.5 Å². The van der Waals surface area contributed by atoms with E-state index in [4.69, 9.17) is 10.6 Å². The number of aromatic nitrogens is 2. The average molecular weight is 267 g/mol. The smallest absolute Gasteiger partial charge is 0.158 e. The summed E-state index contributed by atoms with van der Waals surface area (Å²) in [5.74, 6) is 7.42. The molecule has 6 nitrogen and oxygen atoms in total. The van der Waals surface area contributed by atoms with Gasteiger partial charge in [0.05, 0.1) is 0 Å². The molecule has 108 valence electrons. The van der Waals surface area contributed by atoms with Gasteiger partial charge in [0.25, 0.3) is 0 Å². The molecule has 0 aliphatic rings. The zero-order valence-corrected chi connectivity index (χ0v) is 11.9. The van der Waals surface area contributed by atoms with Crippen LogP contribution in [-0.2, 0) is 11.3 Å². The van der Waals surface area contributed by atoms with Crippen LogP contribution in [0, 0.1) is 0 Å². The summed E-state index contributed by atoms with van der Waals surface area (Å²) >= 11 is 0. The van der Waals surface area contributed by atoms with Crippen LogP contribution in [0.1, 0.15) is 45.4 Å². The largest absolute Gasteiger partial charge is 0.374 e. The maximum atomic E-state index is 5.40. The zero-order valence-electron chi connectivity index (χ0n) is 11.9. The fraction of sp³-hybridized carbons (Fsp3) is 0.692. The SMILES string of the molecule is CCCCCCNc1cc(NN)nc(COCC)n1. The van der Waals surface area contributed by atoms with Crippen LogP contribution in [0.2, 0.25) is 0 Å². The number of nitrogens with one attached hydrogen (secondary N) is 2. The summed E-state index contributed by atoms with van der Waals surface area (Å²) in [6, 6.07) is 1.80. The van der Waals surface area contributed by atoms with Crippen molar-refractivity contribution in [1.29, 1.82) is 0 Å². The molecule has 1 aromatic heterocycles. The Bertz CT molecular complexity index is 359. The quantitative estimate of drug-likeness (QED) is 0.342. The van der Waals surface area contributed by atoms with E-state index in [0.717, 1.165) is 18.8 Å². The lowest BCUT2D eigenvalue weighted by Crippen LogP contribution is -2.13. The number of anilines is 2. The van der Waals surface area contributed by atoms with Gasteiger partial charge in [-0.25, -0.2) is 15.8 Å². The molecule has 4 N–H and O–H groups in total. The van der Waals surface area contributed by atoms with Crippen LogP contribution >= 0.6 is 0 Å². The molecule has 0 aliphatic heterocycles. The van der Waals surface area contributed by atoms with Crippen molar-refractivity contribution in [3.8, 4) is 0 Å². The van der Waals surface area contributed by atoms with Gasteiger partial charge in [-0.15, -0.1) is 0 Å². The van der Waals surface area contributed by atoms with Gasteiger partial charge in [0, 0.05) is 19.2 Å². The first-order chi connectivity index (χ1) is 9.30. The molecule has 0 saturated heterocycles. The molecule has 0 atom stereocenters. The normalized spacial score (nSPS) is 10.5. The molecule has 1 heterocycles. The van der Waals surface area contributed by atoms with Crippen molar-refractivity contribution in [2.24, 2.45) is 5.84 Å². The molecule has 0 unspecified atom stereocenters. The Kier molecular flexibility index (Phi) is 7.84. The Labute approximate surface area is 115 Å². The third-order valence-corrected chi connectivity index (χ3v) is 2.69. The van der Waals surface area contributed by atoms with Gasteiger partial charge in [0.1, 0.15) is 18.2 Å². The lowest BCUT2D eigenvalue weighted by atomic mass is 10.2. The Morgan fingerprint density at radius 1 is 1.16 bits per heavy atom. The Morgan fingerprint density at radius 2 is 1.95 bits per heavy atom. The summed E-state index contributed by atoms with van der Waals surface area (Å²) < 4.78 is 5.31. The fourth-order valence-electron chi connectivity index (χ4n) is 1.69. The van der Waals surface area contributed by atoms with E-state index in [1.807, 2.05) is 6.92 Å². The van der Waals surface area contributed by atoms with E-state index < -0.39 is 0 Å². The molecule has 1 rings (SSSR count). The van der Waals surface area contributed by atoms with E-state index in [-0.39, 0.29) is 0 Å². The molecule has 0 aromatic carbocycles. The first kappa shape index (κ1) is 15.7. The highest BCUT2D eigenvalue weighted by molar-refractivity contribution is 5.46. The van der Waals surface area contributed by atoms with Gasteiger partial charge >= 0.3 is 0 Å². The minimum atomic E-state index is 0.399. The van der Waals surface area contributed by atoms with E-state index >= 15 is 0 Å². The number of hydrazine groups is 1. The van der Waals surface area contributed by atoms with Gasteiger partial charge in [-0.2, -0.15) is 0 Å². The third-order valence-electron chi connectivity index (χ3n) is 2.69. The maximum Gasteiger partial charge on any atom is 0.158 e. The van der Waals surface area contributed by atoms with Gasteiger partial charge in [0.15, 0.2) is 5.82 Å². The Morgan fingerprint density at radius 3 is 2.63 bits per heavy atom. The second kappa shape index (κ2) is 9.52. The summed E-state index contributed by atoms with van der Waals surface area (Å²) in [5, 5.41) is 3.29. The van der Waals surface area contributed by atoms with Crippen LogP contribution in [0.25, 0.3) is 0 Å². The van der Waals surface area contributed by atoms with Crippen molar-refractivity contribution in [2.75, 3.05) is 23.9 Å². The number of unbranched alkanes of at least 4 members (excludes halogenated alkanes) is 3. The molecule has 0 amide bonds. The molecular weight excluding hydrogens is 242 g/mol. The maximum absolute atomic E-state index is 5.40. The van der Waals surface area contributed by atoms with Crippen molar-refractivity contribution in [3.63, 3.8) is 0 Å². The molecule has 0 spiro atoms. The summed E-state index contributed by atoms with van der Waals surface area (Å²) in [4.78, 5) is 8.63. The highest BCUT2D eigenvalue weighted by Gasteiger charge is 2.03. The van der Waals surface area contributed by atoms with Crippen LogP contribution in [-0.4, -0.2) is 23.1 Å². The first-order valence-corrected chi connectivity index (χ1v) is 6.96. The number of nitrogens with zero attached hydrogens (tertiary/aromatic N) is 2. The molecule has 0 fully saturated rings. The van der Waals surface area contributed by atoms with Crippen LogP contribution in [0.4, 0.5) is 11.6 Å². The Hall–Kier alpha value is -1.40. The van der Waals surface area contributed by atoms with Crippen LogP contribution < -0.4 is 16.6 Å². The van der Waals surface area contributed by atoms with Gasteiger partial charge in [-0.3, -0.25) is 0 Å². The van der Waals surface area contributed by atoms with Crippen LogP contribution in [0.3, 0.4) is 0 Å². The number of hydrogen-bond acceptors (Lipinski definition) is 6. The number of nitrogen functional groups attached to an aromatic ring is 1. The minimum absolute atomic E-state index is 0.399. The zero-order chi connectivity index (χ0) is 13.9. The lowest BCUT2D eigenvalue weighted by Gasteiger charge is -2.09. The summed E-state index contributed by atoms with van der Waals surface area (Å²) in [6.07, 6.45) is 4.90. The van der Waals surface area contributed by atoms with Gasteiger partial charge in [-0.05, 0) is 13.3 Å². The van der Waals surface area contributed by atoms with Gasteiger partial charge in [0.2, 0.25) is 0 Å². The Balaban J connectivity index is 2.50. The van der Waals surface area contributed by atoms with Gasteiger partial charge in [-0.1, -0.05) is 26.2 Å². The molecular formula is C13H25N5O. The first-order valence-electron chi connectivity index (χ1n) is 6.96. The van der Waals surface area contributed by atoms with E-state index in [0.29, 0.717) is 24.9 Å². The monoisotopic (exact) mass is 267 g/mol. The summed E-state index contributed by atoms with van der Waals surface area (Å²) in [7, 11) is 0. The number of ether oxygens (including phenoxy) is 1. The standard InChI is InChI=1S/C13H25N5O/c1-3-5-6-7-8-15-11-9-12(18-14)17-13(16-11)10-19-4-2/h9H,3-8,10,14H2,1-2H3,(H2,15,16,17,18). The number of hydrogen-bond donors (Lipinski definition) is 3. The minimum Gasteiger partial charge on any atom is -0.374 e. The predicted molar refractivity (Wildman–Crippen MR) is 77.8 cm³/mol. The molecule has 0 saturated carbocycles. The number of rotatable bonds is 10. The molecule has 1 aromatic rings. The van der Waals surface area contributed by atoms with Crippen molar-refractivity contribution in [2.45, 2.75) is 46.1 Å². The highest BCUT2D eigenvalue weighted by Crippen LogP contribution is 2.11. The topological polar surface area (TPSA) is 85.1 Å². The van der Waals surface area contributed by atoms with E-state index in [9.17, 15) is 0 Å². The van der Waals surface area contributed by atoms with Crippen LogP contribution in [0.5, 0.6) is 0 Å². The molecule has 6 heteroatoms. The van der Waals surface area contributed by atoms with E-state index in [1.54, 1.807) is 6.07 Å². The lowest BCUT2D eigenvalue weighted by molar-refractivity contribution is 0.128. The van der Waals surface area contributed by atoms with Crippen molar-refractivity contribution >= 4 is 11.6 Å². The molecule has 0 bridgehead atoms.